The van der Waals surface area contributed by atoms with Gasteiger partial charge in [0.05, 0.1) is 17.3 Å². The maximum atomic E-state index is 13.9. The smallest absolute Gasteiger partial charge is 0.123 e. The number of H-pyrrole nitrogens is 1. The van der Waals surface area contributed by atoms with Crippen LogP contribution in [-0.2, 0) is 11.8 Å². The highest BCUT2D eigenvalue weighted by molar-refractivity contribution is 5.79. The number of aliphatic hydroxyl groups is 1. The first kappa shape index (κ1) is 20.5. The van der Waals surface area contributed by atoms with E-state index in [1.54, 1.807) is 18.5 Å². The summed E-state index contributed by atoms with van der Waals surface area (Å²) in [6.45, 7) is 12.3. The van der Waals surface area contributed by atoms with E-state index in [1.165, 1.54) is 6.07 Å². The standard InChI is InChI=1S/C24H31FN2O/c1-16-7-8-18(25)12-20(16)23(5,6)15-24(28,22(2,3)4)13-19-11-17-9-10-26-14-21(17)27-19/h7-12,14,27-28H,13,15H2,1-6H3. The van der Waals surface area contributed by atoms with E-state index in [2.05, 4.69) is 50.7 Å². The molecule has 2 aromatic heterocycles. The summed E-state index contributed by atoms with van der Waals surface area (Å²) < 4.78 is 13.9. The van der Waals surface area contributed by atoms with Crippen LogP contribution in [0, 0.1) is 18.2 Å². The average Bonchev–Trinajstić information content (AvgIpc) is 2.97. The molecule has 3 rings (SSSR count). The van der Waals surface area contributed by atoms with Crippen molar-refractivity contribution in [3.63, 3.8) is 0 Å². The Labute approximate surface area is 167 Å². The number of fused-ring (bicyclic) bond motifs is 1. The quantitative estimate of drug-likeness (QED) is 0.595. The van der Waals surface area contributed by atoms with Gasteiger partial charge in [0.2, 0.25) is 0 Å². The van der Waals surface area contributed by atoms with Crippen molar-refractivity contribution < 1.29 is 9.50 Å². The summed E-state index contributed by atoms with van der Waals surface area (Å²) in [6, 6.07) is 8.95. The maximum absolute atomic E-state index is 13.9. The molecule has 1 atom stereocenters. The monoisotopic (exact) mass is 382 g/mol. The van der Waals surface area contributed by atoms with Gasteiger partial charge in [0.25, 0.3) is 0 Å². The predicted octanol–water partition coefficient (Wildman–Crippen LogP) is 5.70. The molecule has 0 aliphatic heterocycles. The summed E-state index contributed by atoms with van der Waals surface area (Å²) in [5.74, 6) is -0.240. The molecule has 1 unspecified atom stereocenters. The predicted molar refractivity (Wildman–Crippen MR) is 113 cm³/mol. The fourth-order valence-corrected chi connectivity index (χ4v) is 4.19. The zero-order valence-corrected chi connectivity index (χ0v) is 17.7. The van der Waals surface area contributed by atoms with Gasteiger partial charge >= 0.3 is 0 Å². The molecular weight excluding hydrogens is 351 g/mol. The van der Waals surface area contributed by atoms with E-state index in [9.17, 15) is 9.50 Å². The van der Waals surface area contributed by atoms with Crippen LogP contribution in [0.2, 0.25) is 0 Å². The molecule has 3 aromatic rings. The van der Waals surface area contributed by atoms with Crippen LogP contribution in [0.4, 0.5) is 4.39 Å². The second-order valence-corrected chi connectivity index (χ2v) is 9.74. The van der Waals surface area contributed by atoms with Gasteiger partial charge in [0, 0.05) is 23.7 Å². The molecule has 0 spiro atoms. The third-order valence-electron chi connectivity index (χ3n) is 6.02. The number of nitrogens with zero attached hydrogens (tertiary/aromatic N) is 1. The largest absolute Gasteiger partial charge is 0.389 e. The molecule has 3 nitrogen and oxygen atoms in total. The van der Waals surface area contributed by atoms with Crippen molar-refractivity contribution in [3.8, 4) is 0 Å². The van der Waals surface area contributed by atoms with Gasteiger partial charge in [-0.1, -0.05) is 40.7 Å². The first-order valence-corrected chi connectivity index (χ1v) is 9.82. The lowest BCUT2D eigenvalue weighted by Crippen LogP contribution is -2.49. The van der Waals surface area contributed by atoms with Gasteiger partial charge < -0.3 is 10.1 Å². The molecule has 150 valence electrons. The minimum absolute atomic E-state index is 0.240. The first-order valence-electron chi connectivity index (χ1n) is 9.82. The summed E-state index contributed by atoms with van der Waals surface area (Å²) in [4.78, 5) is 7.55. The summed E-state index contributed by atoms with van der Waals surface area (Å²) in [7, 11) is 0. The Bertz CT molecular complexity index is 951. The maximum Gasteiger partial charge on any atom is 0.123 e. The Hall–Kier alpha value is -2.20. The lowest BCUT2D eigenvalue weighted by atomic mass is 9.64. The fraction of sp³-hybridized carbons (Fsp3) is 0.458. The molecule has 2 heterocycles. The van der Waals surface area contributed by atoms with Gasteiger partial charge in [-0.15, -0.1) is 0 Å². The summed E-state index contributed by atoms with van der Waals surface area (Å²) in [5.41, 5.74) is 2.20. The van der Waals surface area contributed by atoms with E-state index in [4.69, 9.17) is 0 Å². The Balaban J connectivity index is 1.98. The molecule has 0 radical (unpaired) electrons. The Morgan fingerprint density at radius 3 is 2.43 bits per heavy atom. The van der Waals surface area contributed by atoms with Crippen LogP contribution >= 0.6 is 0 Å². The van der Waals surface area contributed by atoms with Gasteiger partial charge in [-0.05, 0) is 59.6 Å². The topological polar surface area (TPSA) is 48.9 Å². The lowest BCUT2D eigenvalue weighted by molar-refractivity contribution is -0.0775. The zero-order chi connectivity index (χ0) is 20.7. The Morgan fingerprint density at radius 1 is 1.07 bits per heavy atom. The second kappa shape index (κ2) is 7.00. The van der Waals surface area contributed by atoms with Crippen LogP contribution in [0.5, 0.6) is 0 Å². The van der Waals surface area contributed by atoms with Crippen molar-refractivity contribution in [2.45, 2.75) is 65.4 Å². The molecule has 28 heavy (non-hydrogen) atoms. The van der Waals surface area contributed by atoms with Crippen molar-refractivity contribution in [1.82, 2.24) is 9.97 Å². The van der Waals surface area contributed by atoms with Crippen molar-refractivity contribution >= 4 is 10.9 Å². The van der Waals surface area contributed by atoms with Crippen LogP contribution in [0.25, 0.3) is 10.9 Å². The highest BCUT2D eigenvalue weighted by Crippen LogP contribution is 2.44. The number of halogens is 1. The highest BCUT2D eigenvalue weighted by Gasteiger charge is 2.45. The number of aromatic nitrogens is 2. The van der Waals surface area contributed by atoms with E-state index in [0.717, 1.165) is 27.7 Å². The van der Waals surface area contributed by atoms with Crippen LogP contribution in [0.3, 0.4) is 0 Å². The van der Waals surface area contributed by atoms with Gasteiger partial charge in [0.1, 0.15) is 5.82 Å². The molecule has 0 saturated carbocycles. The van der Waals surface area contributed by atoms with Crippen molar-refractivity contribution in [2.24, 2.45) is 5.41 Å². The molecule has 1 aromatic carbocycles. The van der Waals surface area contributed by atoms with Crippen LogP contribution in [0.15, 0.2) is 42.7 Å². The SMILES string of the molecule is Cc1ccc(F)cc1C(C)(C)CC(O)(Cc1cc2ccncc2[nH]1)C(C)(C)C. The lowest BCUT2D eigenvalue weighted by Gasteiger charge is -2.45. The molecule has 0 fully saturated rings. The van der Waals surface area contributed by atoms with Crippen molar-refractivity contribution in [3.05, 3.63) is 65.4 Å². The summed E-state index contributed by atoms with van der Waals surface area (Å²) in [5, 5.41) is 12.9. The van der Waals surface area contributed by atoms with E-state index < -0.39 is 5.60 Å². The number of hydrogen-bond donors (Lipinski definition) is 2. The van der Waals surface area contributed by atoms with Gasteiger partial charge in [0.15, 0.2) is 0 Å². The Kier molecular flexibility index (Phi) is 5.13. The third-order valence-corrected chi connectivity index (χ3v) is 6.02. The first-order chi connectivity index (χ1) is 12.9. The van der Waals surface area contributed by atoms with Crippen molar-refractivity contribution in [2.75, 3.05) is 0 Å². The molecule has 4 heteroatoms. The number of rotatable bonds is 5. The number of aryl methyl sites for hydroxylation is 1. The summed E-state index contributed by atoms with van der Waals surface area (Å²) >= 11 is 0. The molecule has 0 amide bonds. The van der Waals surface area contributed by atoms with Crippen LogP contribution < -0.4 is 0 Å². The number of benzene rings is 1. The van der Waals surface area contributed by atoms with Gasteiger partial charge in [-0.2, -0.15) is 0 Å². The third kappa shape index (κ3) is 3.97. The highest BCUT2D eigenvalue weighted by atomic mass is 19.1. The molecule has 0 saturated heterocycles. The second-order valence-electron chi connectivity index (χ2n) is 9.74. The number of hydrogen-bond acceptors (Lipinski definition) is 2. The molecule has 0 aliphatic carbocycles. The van der Waals surface area contributed by atoms with Crippen LogP contribution in [-0.4, -0.2) is 20.7 Å². The van der Waals surface area contributed by atoms with E-state index in [1.807, 2.05) is 19.1 Å². The molecule has 2 N–H and O–H groups in total. The normalized spacial score (nSPS) is 15.0. The average molecular weight is 383 g/mol. The summed E-state index contributed by atoms with van der Waals surface area (Å²) in [6.07, 6.45) is 4.57. The number of nitrogens with one attached hydrogen (secondary N) is 1. The van der Waals surface area contributed by atoms with Gasteiger partial charge in [-0.25, -0.2) is 4.39 Å². The minimum atomic E-state index is -0.983. The van der Waals surface area contributed by atoms with Crippen molar-refractivity contribution in [1.29, 1.82) is 0 Å². The van der Waals surface area contributed by atoms with E-state index in [0.29, 0.717) is 12.8 Å². The number of pyridine rings is 1. The van der Waals surface area contributed by atoms with Crippen LogP contribution in [0.1, 0.15) is 57.9 Å². The minimum Gasteiger partial charge on any atom is -0.389 e. The van der Waals surface area contributed by atoms with Gasteiger partial charge in [-0.3, -0.25) is 4.98 Å². The fourth-order valence-electron chi connectivity index (χ4n) is 4.19. The van der Waals surface area contributed by atoms with E-state index in [-0.39, 0.29) is 16.6 Å². The molecule has 0 aliphatic rings. The molecule has 0 bridgehead atoms. The molecular formula is C24H31FN2O. The van der Waals surface area contributed by atoms with E-state index >= 15 is 0 Å². The zero-order valence-electron chi connectivity index (χ0n) is 17.7. The Morgan fingerprint density at radius 2 is 1.79 bits per heavy atom. The number of aromatic amines is 1.